The highest BCUT2D eigenvalue weighted by Gasteiger charge is 2.26. The Hall–Kier alpha value is -2.37. The van der Waals surface area contributed by atoms with Crippen LogP contribution in [0.15, 0.2) is 30.3 Å². The SMILES string of the molecule is Cc1cc(C)n([C@H](C)CC(=O)N2CCC[C@@H](COc3ccccc3F)C2)n1. The number of carbonyl (C=O) groups excluding carboxylic acids is 1. The largest absolute Gasteiger partial charge is 0.490 e. The van der Waals surface area contributed by atoms with E-state index in [0.29, 0.717) is 19.6 Å². The molecule has 1 aliphatic heterocycles. The van der Waals surface area contributed by atoms with Gasteiger partial charge in [0.2, 0.25) is 5.91 Å². The zero-order chi connectivity index (χ0) is 19.4. The van der Waals surface area contributed by atoms with E-state index in [1.54, 1.807) is 18.2 Å². The second kappa shape index (κ2) is 8.55. The van der Waals surface area contributed by atoms with Crippen LogP contribution in [-0.2, 0) is 4.79 Å². The number of rotatable bonds is 6. The zero-order valence-corrected chi connectivity index (χ0v) is 16.3. The average molecular weight is 373 g/mol. The number of nitrogens with zero attached hydrogens (tertiary/aromatic N) is 3. The van der Waals surface area contributed by atoms with Gasteiger partial charge in [-0.25, -0.2) is 4.39 Å². The number of carbonyl (C=O) groups is 1. The van der Waals surface area contributed by atoms with Gasteiger partial charge in [-0.15, -0.1) is 0 Å². The van der Waals surface area contributed by atoms with Crippen molar-refractivity contribution in [2.24, 2.45) is 5.92 Å². The molecule has 2 aromatic rings. The van der Waals surface area contributed by atoms with E-state index in [9.17, 15) is 9.18 Å². The minimum absolute atomic E-state index is 0.0289. The van der Waals surface area contributed by atoms with E-state index in [4.69, 9.17) is 4.74 Å². The van der Waals surface area contributed by atoms with Crippen molar-refractivity contribution in [1.29, 1.82) is 0 Å². The summed E-state index contributed by atoms with van der Waals surface area (Å²) in [6.07, 6.45) is 2.37. The van der Waals surface area contributed by atoms with Gasteiger partial charge in [0, 0.05) is 31.1 Å². The van der Waals surface area contributed by atoms with Crippen LogP contribution in [0, 0.1) is 25.6 Å². The van der Waals surface area contributed by atoms with Crippen LogP contribution in [0.5, 0.6) is 5.75 Å². The van der Waals surface area contributed by atoms with Crippen LogP contribution in [0.3, 0.4) is 0 Å². The minimum atomic E-state index is -0.347. The molecule has 1 aromatic carbocycles. The van der Waals surface area contributed by atoms with E-state index in [1.165, 1.54) is 6.07 Å². The highest BCUT2D eigenvalue weighted by molar-refractivity contribution is 5.76. The van der Waals surface area contributed by atoms with Gasteiger partial charge in [0.15, 0.2) is 11.6 Å². The topological polar surface area (TPSA) is 47.4 Å². The molecule has 0 aliphatic carbocycles. The van der Waals surface area contributed by atoms with Crippen molar-refractivity contribution in [1.82, 2.24) is 14.7 Å². The number of hydrogen-bond donors (Lipinski definition) is 0. The number of piperidine rings is 1. The molecule has 0 bridgehead atoms. The molecule has 1 saturated heterocycles. The van der Waals surface area contributed by atoms with Gasteiger partial charge >= 0.3 is 0 Å². The second-order valence-corrected chi connectivity index (χ2v) is 7.51. The molecule has 3 rings (SSSR count). The molecule has 5 nitrogen and oxygen atoms in total. The van der Waals surface area contributed by atoms with Crippen LogP contribution in [-0.4, -0.2) is 40.3 Å². The maximum Gasteiger partial charge on any atom is 0.224 e. The van der Waals surface area contributed by atoms with Gasteiger partial charge in [0.25, 0.3) is 0 Å². The fourth-order valence-electron chi connectivity index (χ4n) is 3.76. The van der Waals surface area contributed by atoms with Crippen molar-refractivity contribution in [3.05, 3.63) is 47.5 Å². The van der Waals surface area contributed by atoms with Crippen molar-refractivity contribution in [3.8, 4) is 5.75 Å². The number of ether oxygens (including phenoxy) is 1. The molecular formula is C21H28FN3O2. The van der Waals surface area contributed by atoms with Crippen molar-refractivity contribution < 1.29 is 13.9 Å². The summed E-state index contributed by atoms with van der Waals surface area (Å²) in [6.45, 7) is 7.87. The predicted octanol–water partition coefficient (Wildman–Crippen LogP) is 3.91. The van der Waals surface area contributed by atoms with E-state index >= 15 is 0 Å². The lowest BCUT2D eigenvalue weighted by molar-refractivity contribution is -0.134. The number of hydrogen-bond acceptors (Lipinski definition) is 3. The molecule has 27 heavy (non-hydrogen) atoms. The molecule has 2 heterocycles. The first-order valence-electron chi connectivity index (χ1n) is 9.62. The first kappa shape index (κ1) is 19.4. The van der Waals surface area contributed by atoms with E-state index in [-0.39, 0.29) is 29.4 Å². The van der Waals surface area contributed by atoms with Crippen LogP contribution in [0.2, 0.25) is 0 Å². The van der Waals surface area contributed by atoms with E-state index in [0.717, 1.165) is 30.8 Å². The second-order valence-electron chi connectivity index (χ2n) is 7.51. The summed E-state index contributed by atoms with van der Waals surface area (Å²) >= 11 is 0. The molecule has 1 aromatic heterocycles. The average Bonchev–Trinajstić information content (AvgIpc) is 2.99. The van der Waals surface area contributed by atoms with Crippen LogP contribution in [0.4, 0.5) is 4.39 Å². The molecule has 0 N–H and O–H groups in total. The molecule has 0 unspecified atom stereocenters. The highest BCUT2D eigenvalue weighted by Crippen LogP contribution is 2.23. The first-order valence-corrected chi connectivity index (χ1v) is 9.62. The smallest absolute Gasteiger partial charge is 0.224 e. The number of likely N-dealkylation sites (tertiary alicyclic amines) is 1. The maximum atomic E-state index is 13.7. The normalized spacial score (nSPS) is 18.4. The molecule has 1 amide bonds. The van der Waals surface area contributed by atoms with Crippen LogP contribution in [0.25, 0.3) is 0 Å². The van der Waals surface area contributed by atoms with Gasteiger partial charge in [-0.3, -0.25) is 9.48 Å². The van der Waals surface area contributed by atoms with Gasteiger partial charge in [-0.2, -0.15) is 5.10 Å². The van der Waals surface area contributed by atoms with E-state index in [2.05, 4.69) is 5.10 Å². The van der Waals surface area contributed by atoms with Crippen LogP contribution < -0.4 is 4.74 Å². The summed E-state index contributed by atoms with van der Waals surface area (Å²) in [5.41, 5.74) is 2.04. The number of benzene rings is 1. The lowest BCUT2D eigenvalue weighted by Crippen LogP contribution is -2.42. The molecule has 0 radical (unpaired) electrons. The fraction of sp³-hybridized carbons (Fsp3) is 0.524. The third-order valence-corrected chi connectivity index (χ3v) is 5.12. The number of amides is 1. The number of halogens is 1. The molecule has 0 spiro atoms. The molecule has 0 saturated carbocycles. The summed E-state index contributed by atoms with van der Waals surface area (Å²) in [7, 11) is 0. The minimum Gasteiger partial charge on any atom is -0.490 e. The van der Waals surface area contributed by atoms with Crippen molar-refractivity contribution in [2.45, 2.75) is 46.1 Å². The standard InChI is InChI=1S/C21H28FN3O2/c1-15-11-16(2)25(23-15)17(3)12-21(26)24-10-6-7-18(13-24)14-27-20-9-5-4-8-19(20)22/h4-5,8-9,11,17-18H,6-7,10,12-14H2,1-3H3/t17-,18-/m1/s1. The lowest BCUT2D eigenvalue weighted by Gasteiger charge is -2.33. The van der Waals surface area contributed by atoms with E-state index < -0.39 is 0 Å². The Balaban J connectivity index is 1.53. The van der Waals surface area contributed by atoms with Gasteiger partial charge in [-0.05, 0) is 51.8 Å². The summed E-state index contributed by atoms with van der Waals surface area (Å²) in [5.74, 6) is 0.302. The van der Waals surface area contributed by atoms with Crippen LogP contribution >= 0.6 is 0 Å². The van der Waals surface area contributed by atoms with Crippen molar-refractivity contribution in [2.75, 3.05) is 19.7 Å². The Bertz CT molecular complexity index is 789. The predicted molar refractivity (Wildman–Crippen MR) is 102 cm³/mol. The third kappa shape index (κ3) is 4.87. The zero-order valence-electron chi connectivity index (χ0n) is 16.3. The van der Waals surface area contributed by atoms with Gasteiger partial charge < -0.3 is 9.64 Å². The Morgan fingerprint density at radius 3 is 2.85 bits per heavy atom. The molecule has 1 fully saturated rings. The monoisotopic (exact) mass is 373 g/mol. The van der Waals surface area contributed by atoms with Crippen molar-refractivity contribution in [3.63, 3.8) is 0 Å². The quantitative estimate of drug-likeness (QED) is 0.771. The summed E-state index contributed by atoms with van der Waals surface area (Å²) < 4.78 is 21.3. The fourth-order valence-corrected chi connectivity index (χ4v) is 3.76. The Labute approximate surface area is 160 Å². The first-order chi connectivity index (χ1) is 12.9. The number of aromatic nitrogens is 2. The summed E-state index contributed by atoms with van der Waals surface area (Å²) in [4.78, 5) is 14.7. The summed E-state index contributed by atoms with van der Waals surface area (Å²) in [5, 5.41) is 4.48. The number of aryl methyl sites for hydroxylation is 2. The van der Waals surface area contributed by atoms with Gasteiger partial charge in [-0.1, -0.05) is 12.1 Å². The number of para-hydroxylation sites is 1. The molecule has 6 heteroatoms. The Kier molecular flexibility index (Phi) is 6.14. The Morgan fingerprint density at radius 1 is 1.37 bits per heavy atom. The van der Waals surface area contributed by atoms with Crippen molar-refractivity contribution >= 4 is 5.91 Å². The Morgan fingerprint density at radius 2 is 2.15 bits per heavy atom. The molecule has 1 aliphatic rings. The van der Waals surface area contributed by atoms with E-state index in [1.807, 2.05) is 36.4 Å². The third-order valence-electron chi connectivity index (χ3n) is 5.12. The van der Waals surface area contributed by atoms with Crippen LogP contribution in [0.1, 0.15) is 43.6 Å². The lowest BCUT2D eigenvalue weighted by atomic mass is 9.98. The summed E-state index contributed by atoms with van der Waals surface area (Å²) in [6, 6.07) is 8.49. The molecular weight excluding hydrogens is 345 g/mol. The molecule has 146 valence electrons. The van der Waals surface area contributed by atoms with Gasteiger partial charge in [0.05, 0.1) is 18.3 Å². The maximum absolute atomic E-state index is 13.7. The molecule has 2 atom stereocenters. The highest BCUT2D eigenvalue weighted by atomic mass is 19.1. The van der Waals surface area contributed by atoms with Gasteiger partial charge in [0.1, 0.15) is 0 Å².